The van der Waals surface area contributed by atoms with E-state index in [-0.39, 0.29) is 0 Å². The number of rotatable bonds is 6. The van der Waals surface area contributed by atoms with Gasteiger partial charge in [0.05, 0.1) is 11.2 Å². The van der Waals surface area contributed by atoms with E-state index in [0.29, 0.717) is 17.5 Å². The van der Waals surface area contributed by atoms with Crippen molar-refractivity contribution in [1.82, 2.24) is 19.9 Å². The van der Waals surface area contributed by atoms with Crippen molar-refractivity contribution in [2.45, 2.75) is 13.8 Å². The fourth-order valence-corrected chi connectivity index (χ4v) is 6.91. The van der Waals surface area contributed by atoms with E-state index in [1.54, 1.807) is 0 Å². The predicted octanol–water partition coefficient (Wildman–Crippen LogP) is 12.2. The standard InChI is InChI=1S/C48H34N4/c1-31-18-22-36(23-19-31)46-50-47(37-24-20-32(2)21-25-37)52-48(51-46)39-13-8-12-38(30-39)33-26-28-34(29-27-33)40-15-9-16-42-44(40)41-14-6-7-17-43(41)49-45(42)35-10-4-3-5-11-35/h3-30H,1-2H3. The van der Waals surface area contributed by atoms with Gasteiger partial charge >= 0.3 is 0 Å². The van der Waals surface area contributed by atoms with Gasteiger partial charge in [0.2, 0.25) is 0 Å². The fraction of sp³-hybridized carbons (Fsp3) is 0.0417. The summed E-state index contributed by atoms with van der Waals surface area (Å²) < 4.78 is 0. The molecule has 0 aliphatic rings. The van der Waals surface area contributed by atoms with E-state index in [9.17, 15) is 0 Å². The minimum atomic E-state index is 0.644. The number of hydrogen-bond donors (Lipinski definition) is 0. The van der Waals surface area contributed by atoms with E-state index < -0.39 is 0 Å². The molecule has 2 aromatic heterocycles. The molecular formula is C48H34N4. The molecule has 246 valence electrons. The normalized spacial score (nSPS) is 11.3. The zero-order chi connectivity index (χ0) is 35.0. The number of benzene rings is 7. The third kappa shape index (κ3) is 5.91. The van der Waals surface area contributed by atoms with Crippen LogP contribution in [0.1, 0.15) is 11.1 Å². The van der Waals surface area contributed by atoms with Crippen molar-refractivity contribution in [2.24, 2.45) is 0 Å². The number of para-hydroxylation sites is 1. The monoisotopic (exact) mass is 666 g/mol. The van der Waals surface area contributed by atoms with Crippen molar-refractivity contribution in [3.05, 3.63) is 181 Å². The van der Waals surface area contributed by atoms with Crippen molar-refractivity contribution >= 4 is 21.7 Å². The van der Waals surface area contributed by atoms with E-state index in [4.69, 9.17) is 19.9 Å². The Morgan fingerprint density at radius 2 is 0.827 bits per heavy atom. The Hall–Kier alpha value is -6.78. The van der Waals surface area contributed by atoms with Crippen LogP contribution in [0.15, 0.2) is 170 Å². The molecule has 9 aromatic rings. The molecular weight excluding hydrogens is 633 g/mol. The van der Waals surface area contributed by atoms with Crippen LogP contribution in [0.25, 0.3) is 89.4 Å². The van der Waals surface area contributed by atoms with Crippen LogP contribution in [0.2, 0.25) is 0 Å². The maximum absolute atomic E-state index is 5.13. The number of nitrogens with zero attached hydrogens (tertiary/aromatic N) is 4. The lowest BCUT2D eigenvalue weighted by Gasteiger charge is -2.14. The first-order valence-corrected chi connectivity index (χ1v) is 17.6. The average molecular weight is 667 g/mol. The Labute approximate surface area is 303 Å². The Morgan fingerprint density at radius 1 is 0.327 bits per heavy atom. The van der Waals surface area contributed by atoms with E-state index in [0.717, 1.165) is 60.9 Å². The van der Waals surface area contributed by atoms with Crippen LogP contribution in [-0.2, 0) is 0 Å². The largest absolute Gasteiger partial charge is 0.247 e. The molecule has 0 aliphatic heterocycles. The van der Waals surface area contributed by atoms with Crippen molar-refractivity contribution in [3.63, 3.8) is 0 Å². The first-order valence-electron chi connectivity index (χ1n) is 17.6. The molecule has 4 nitrogen and oxygen atoms in total. The zero-order valence-corrected chi connectivity index (χ0v) is 29.0. The first-order chi connectivity index (χ1) is 25.6. The van der Waals surface area contributed by atoms with Crippen molar-refractivity contribution in [2.75, 3.05) is 0 Å². The van der Waals surface area contributed by atoms with E-state index in [2.05, 4.69) is 178 Å². The van der Waals surface area contributed by atoms with Crippen LogP contribution < -0.4 is 0 Å². The molecule has 0 spiro atoms. The van der Waals surface area contributed by atoms with Gasteiger partial charge in [0, 0.05) is 38.4 Å². The summed E-state index contributed by atoms with van der Waals surface area (Å²) in [5.41, 5.74) is 12.9. The van der Waals surface area contributed by atoms with Crippen LogP contribution in [0, 0.1) is 13.8 Å². The molecule has 0 bridgehead atoms. The molecule has 0 saturated carbocycles. The summed E-state index contributed by atoms with van der Waals surface area (Å²) >= 11 is 0. The third-order valence-corrected chi connectivity index (χ3v) is 9.68. The molecule has 0 saturated heterocycles. The first kappa shape index (κ1) is 31.2. The topological polar surface area (TPSA) is 51.6 Å². The third-order valence-electron chi connectivity index (χ3n) is 9.68. The summed E-state index contributed by atoms with van der Waals surface area (Å²) in [5, 5.41) is 3.51. The highest BCUT2D eigenvalue weighted by Crippen LogP contribution is 2.39. The molecule has 7 aromatic carbocycles. The molecule has 2 heterocycles. The summed E-state index contributed by atoms with van der Waals surface area (Å²) in [4.78, 5) is 20.0. The predicted molar refractivity (Wildman–Crippen MR) is 215 cm³/mol. The quantitative estimate of drug-likeness (QED) is 0.166. The van der Waals surface area contributed by atoms with Gasteiger partial charge in [-0.1, -0.05) is 169 Å². The second-order valence-electron chi connectivity index (χ2n) is 13.3. The molecule has 0 aliphatic carbocycles. The lowest BCUT2D eigenvalue weighted by molar-refractivity contribution is 1.07. The van der Waals surface area contributed by atoms with Gasteiger partial charge in [0.1, 0.15) is 0 Å². The number of fused-ring (bicyclic) bond motifs is 3. The highest BCUT2D eigenvalue weighted by atomic mass is 15.0. The smallest absolute Gasteiger partial charge is 0.164 e. The number of aromatic nitrogens is 4. The maximum atomic E-state index is 5.13. The average Bonchev–Trinajstić information content (AvgIpc) is 3.21. The van der Waals surface area contributed by atoms with Crippen molar-refractivity contribution in [1.29, 1.82) is 0 Å². The van der Waals surface area contributed by atoms with Crippen LogP contribution in [0.5, 0.6) is 0 Å². The van der Waals surface area contributed by atoms with Crippen molar-refractivity contribution < 1.29 is 0 Å². The molecule has 4 heteroatoms. The second kappa shape index (κ2) is 13.2. The Morgan fingerprint density at radius 3 is 1.50 bits per heavy atom. The summed E-state index contributed by atoms with van der Waals surface area (Å²) in [6.07, 6.45) is 0. The van der Waals surface area contributed by atoms with Crippen molar-refractivity contribution in [3.8, 4) is 67.7 Å². The van der Waals surface area contributed by atoms with Gasteiger partial charge in [-0.15, -0.1) is 0 Å². The highest BCUT2D eigenvalue weighted by Gasteiger charge is 2.16. The Kier molecular flexibility index (Phi) is 7.90. The van der Waals surface area contributed by atoms with Gasteiger partial charge in [0.25, 0.3) is 0 Å². The van der Waals surface area contributed by atoms with Crippen LogP contribution in [0.4, 0.5) is 0 Å². The zero-order valence-electron chi connectivity index (χ0n) is 29.0. The number of pyridine rings is 1. The molecule has 0 unspecified atom stereocenters. The molecule has 9 rings (SSSR count). The molecule has 0 amide bonds. The second-order valence-corrected chi connectivity index (χ2v) is 13.3. The van der Waals surface area contributed by atoms with Gasteiger partial charge in [0.15, 0.2) is 17.5 Å². The fourth-order valence-electron chi connectivity index (χ4n) is 6.91. The molecule has 0 radical (unpaired) electrons. The molecule has 0 atom stereocenters. The lowest BCUT2D eigenvalue weighted by atomic mass is 9.92. The van der Waals surface area contributed by atoms with Gasteiger partial charge < -0.3 is 0 Å². The number of aryl methyl sites for hydroxylation is 2. The van der Waals surface area contributed by atoms with Gasteiger partial charge in [-0.25, -0.2) is 19.9 Å². The maximum Gasteiger partial charge on any atom is 0.164 e. The van der Waals surface area contributed by atoms with Crippen LogP contribution >= 0.6 is 0 Å². The number of hydrogen-bond acceptors (Lipinski definition) is 4. The minimum Gasteiger partial charge on any atom is -0.247 e. The minimum absolute atomic E-state index is 0.644. The van der Waals surface area contributed by atoms with Crippen LogP contribution in [0.3, 0.4) is 0 Å². The SMILES string of the molecule is Cc1ccc(-c2nc(-c3ccc(C)cc3)nc(-c3cccc(-c4ccc(-c5cccc6c(-c7ccccc7)nc7ccccc7c56)cc4)c3)n2)cc1. The van der Waals surface area contributed by atoms with E-state index >= 15 is 0 Å². The summed E-state index contributed by atoms with van der Waals surface area (Å²) in [5.74, 6) is 1.96. The summed E-state index contributed by atoms with van der Waals surface area (Å²) in [6.45, 7) is 4.17. The Bertz CT molecular complexity index is 2650. The van der Waals surface area contributed by atoms with Gasteiger partial charge in [-0.05, 0) is 48.2 Å². The molecule has 52 heavy (non-hydrogen) atoms. The lowest BCUT2D eigenvalue weighted by Crippen LogP contribution is -2.00. The van der Waals surface area contributed by atoms with Gasteiger partial charge in [-0.2, -0.15) is 0 Å². The summed E-state index contributed by atoms with van der Waals surface area (Å²) in [6, 6.07) is 59.4. The molecule has 0 fully saturated rings. The molecule has 0 N–H and O–H groups in total. The highest BCUT2D eigenvalue weighted by molar-refractivity contribution is 6.17. The van der Waals surface area contributed by atoms with E-state index in [1.165, 1.54) is 22.1 Å². The van der Waals surface area contributed by atoms with E-state index in [1.807, 2.05) is 6.07 Å². The summed E-state index contributed by atoms with van der Waals surface area (Å²) in [7, 11) is 0. The van der Waals surface area contributed by atoms with Gasteiger partial charge in [-0.3, -0.25) is 0 Å². The Balaban J connectivity index is 1.12. The van der Waals surface area contributed by atoms with Crippen LogP contribution in [-0.4, -0.2) is 19.9 Å².